The first-order valence-electron chi connectivity index (χ1n) is 10.6. The number of carbonyl (C=O) groups excluding carboxylic acids is 1. The minimum atomic E-state index is 0.117. The van der Waals surface area contributed by atoms with Crippen LogP contribution in [-0.4, -0.2) is 41.9 Å². The predicted molar refractivity (Wildman–Crippen MR) is 114 cm³/mol. The van der Waals surface area contributed by atoms with Gasteiger partial charge in [-0.3, -0.25) is 9.48 Å². The van der Waals surface area contributed by atoms with Crippen molar-refractivity contribution in [2.45, 2.75) is 64.5 Å². The predicted octanol–water partition coefficient (Wildman–Crippen LogP) is 2.92. The molecule has 1 saturated carbocycles. The highest BCUT2D eigenvalue weighted by Crippen LogP contribution is 2.28. The summed E-state index contributed by atoms with van der Waals surface area (Å²) in [5, 5.41) is 20.7. The van der Waals surface area contributed by atoms with E-state index in [0.717, 1.165) is 49.1 Å². The number of rotatable bonds is 6. The minimum Gasteiger partial charge on any atom is -0.353 e. The van der Waals surface area contributed by atoms with Crippen LogP contribution in [0.3, 0.4) is 0 Å². The van der Waals surface area contributed by atoms with Gasteiger partial charge < -0.3 is 5.32 Å². The molecule has 8 heteroatoms. The number of amides is 1. The quantitative estimate of drug-likeness (QED) is 0.678. The Morgan fingerprint density at radius 1 is 1.10 bits per heavy atom. The molecule has 8 nitrogen and oxygen atoms in total. The molecule has 0 saturated heterocycles. The average Bonchev–Trinajstić information content (AvgIpc) is 3.33. The Bertz CT molecular complexity index is 1000. The SMILES string of the molecule is Cc1nn(C)c(C)c1CCC(=O)NC1CCC(n2nnc(-c3ccccc3)n2)CC1. The monoisotopic (exact) mass is 407 g/mol. The largest absolute Gasteiger partial charge is 0.353 e. The van der Waals surface area contributed by atoms with Gasteiger partial charge in [-0.1, -0.05) is 30.3 Å². The van der Waals surface area contributed by atoms with E-state index in [-0.39, 0.29) is 18.0 Å². The molecule has 0 aliphatic heterocycles. The molecule has 0 radical (unpaired) electrons. The van der Waals surface area contributed by atoms with E-state index in [0.29, 0.717) is 12.2 Å². The van der Waals surface area contributed by atoms with Gasteiger partial charge in [0.1, 0.15) is 0 Å². The maximum Gasteiger partial charge on any atom is 0.220 e. The fraction of sp³-hybridized carbons (Fsp3) is 0.500. The maximum atomic E-state index is 12.4. The van der Waals surface area contributed by atoms with Crippen molar-refractivity contribution in [1.29, 1.82) is 0 Å². The number of hydrogen-bond acceptors (Lipinski definition) is 5. The van der Waals surface area contributed by atoms with Crippen LogP contribution in [0, 0.1) is 13.8 Å². The Kier molecular flexibility index (Phi) is 5.92. The van der Waals surface area contributed by atoms with E-state index in [9.17, 15) is 4.79 Å². The molecular formula is C22H29N7O. The second-order valence-electron chi connectivity index (χ2n) is 8.15. The summed E-state index contributed by atoms with van der Waals surface area (Å²) in [6, 6.07) is 10.4. The summed E-state index contributed by atoms with van der Waals surface area (Å²) in [7, 11) is 1.94. The lowest BCUT2D eigenvalue weighted by Gasteiger charge is -2.28. The highest BCUT2D eigenvalue weighted by atomic mass is 16.1. The van der Waals surface area contributed by atoms with Crippen LogP contribution < -0.4 is 5.32 Å². The number of hydrogen-bond donors (Lipinski definition) is 1. The highest BCUT2D eigenvalue weighted by molar-refractivity contribution is 5.76. The van der Waals surface area contributed by atoms with E-state index in [1.54, 1.807) is 4.80 Å². The molecule has 0 unspecified atom stereocenters. The van der Waals surface area contributed by atoms with E-state index >= 15 is 0 Å². The molecule has 30 heavy (non-hydrogen) atoms. The van der Waals surface area contributed by atoms with Crippen molar-refractivity contribution in [3.05, 3.63) is 47.3 Å². The van der Waals surface area contributed by atoms with Gasteiger partial charge in [0.25, 0.3) is 0 Å². The molecule has 0 bridgehead atoms. The smallest absolute Gasteiger partial charge is 0.220 e. The molecule has 1 fully saturated rings. The normalized spacial score (nSPS) is 19.0. The Morgan fingerprint density at radius 3 is 2.50 bits per heavy atom. The minimum absolute atomic E-state index is 0.117. The van der Waals surface area contributed by atoms with Crippen LogP contribution in [0.25, 0.3) is 11.4 Å². The third kappa shape index (κ3) is 4.42. The molecule has 0 spiro atoms. The summed E-state index contributed by atoms with van der Waals surface area (Å²) < 4.78 is 1.88. The molecule has 1 aromatic carbocycles. The summed E-state index contributed by atoms with van der Waals surface area (Å²) in [6.45, 7) is 4.05. The summed E-state index contributed by atoms with van der Waals surface area (Å²) in [4.78, 5) is 14.2. The molecule has 1 aliphatic carbocycles. The van der Waals surface area contributed by atoms with Gasteiger partial charge in [0.15, 0.2) is 0 Å². The van der Waals surface area contributed by atoms with Gasteiger partial charge in [-0.25, -0.2) is 0 Å². The fourth-order valence-electron chi connectivity index (χ4n) is 4.25. The first-order valence-corrected chi connectivity index (χ1v) is 10.6. The van der Waals surface area contributed by atoms with Crippen molar-refractivity contribution in [2.75, 3.05) is 0 Å². The van der Waals surface area contributed by atoms with Crippen LogP contribution in [0.2, 0.25) is 0 Å². The zero-order valence-electron chi connectivity index (χ0n) is 17.9. The molecule has 1 amide bonds. The Balaban J connectivity index is 1.26. The highest BCUT2D eigenvalue weighted by Gasteiger charge is 2.25. The molecule has 2 heterocycles. The first-order chi connectivity index (χ1) is 14.5. The van der Waals surface area contributed by atoms with Crippen molar-refractivity contribution in [2.24, 2.45) is 7.05 Å². The lowest BCUT2D eigenvalue weighted by molar-refractivity contribution is -0.122. The summed E-state index contributed by atoms with van der Waals surface area (Å²) in [5.74, 6) is 0.776. The summed E-state index contributed by atoms with van der Waals surface area (Å²) >= 11 is 0. The van der Waals surface area contributed by atoms with Crippen molar-refractivity contribution < 1.29 is 4.79 Å². The molecular weight excluding hydrogens is 378 g/mol. The van der Waals surface area contributed by atoms with Crippen LogP contribution in [0.4, 0.5) is 0 Å². The van der Waals surface area contributed by atoms with Gasteiger partial charge in [-0.15, -0.1) is 10.2 Å². The maximum absolute atomic E-state index is 12.4. The number of nitrogens with zero attached hydrogens (tertiary/aromatic N) is 6. The van der Waals surface area contributed by atoms with Gasteiger partial charge in [0.2, 0.25) is 11.7 Å². The van der Waals surface area contributed by atoms with E-state index in [1.807, 2.05) is 49.0 Å². The zero-order valence-corrected chi connectivity index (χ0v) is 17.9. The summed E-state index contributed by atoms with van der Waals surface area (Å²) in [5.41, 5.74) is 4.31. The van der Waals surface area contributed by atoms with E-state index in [2.05, 4.69) is 32.7 Å². The van der Waals surface area contributed by atoms with Crippen LogP contribution in [0.5, 0.6) is 0 Å². The fourth-order valence-corrected chi connectivity index (χ4v) is 4.25. The molecule has 0 atom stereocenters. The van der Waals surface area contributed by atoms with E-state index in [4.69, 9.17) is 0 Å². The zero-order chi connectivity index (χ0) is 21.1. The van der Waals surface area contributed by atoms with Crippen LogP contribution in [0.1, 0.15) is 55.1 Å². The number of aryl methyl sites for hydroxylation is 2. The van der Waals surface area contributed by atoms with Gasteiger partial charge in [0.05, 0.1) is 11.7 Å². The Hall–Kier alpha value is -3.03. The van der Waals surface area contributed by atoms with Crippen LogP contribution in [0.15, 0.2) is 30.3 Å². The molecule has 1 aliphatic rings. The molecule has 3 aromatic rings. The van der Waals surface area contributed by atoms with Gasteiger partial charge >= 0.3 is 0 Å². The molecule has 158 valence electrons. The van der Waals surface area contributed by atoms with Gasteiger partial charge in [0, 0.05) is 30.8 Å². The van der Waals surface area contributed by atoms with Crippen molar-refractivity contribution in [1.82, 2.24) is 35.3 Å². The van der Waals surface area contributed by atoms with E-state index < -0.39 is 0 Å². The van der Waals surface area contributed by atoms with Crippen molar-refractivity contribution in [3.63, 3.8) is 0 Å². The Labute approximate surface area is 176 Å². The van der Waals surface area contributed by atoms with Crippen LogP contribution >= 0.6 is 0 Å². The van der Waals surface area contributed by atoms with Gasteiger partial charge in [-0.05, 0) is 56.7 Å². The molecule has 2 aromatic heterocycles. The van der Waals surface area contributed by atoms with E-state index in [1.165, 1.54) is 5.56 Å². The Morgan fingerprint density at radius 2 is 1.83 bits per heavy atom. The van der Waals surface area contributed by atoms with Crippen molar-refractivity contribution in [3.8, 4) is 11.4 Å². The molecule has 4 rings (SSSR count). The van der Waals surface area contributed by atoms with Gasteiger partial charge in [-0.2, -0.15) is 9.90 Å². The lowest BCUT2D eigenvalue weighted by Crippen LogP contribution is -2.38. The lowest BCUT2D eigenvalue weighted by atomic mass is 9.91. The molecule has 1 N–H and O–H groups in total. The summed E-state index contributed by atoms with van der Waals surface area (Å²) in [6.07, 6.45) is 4.98. The second-order valence-corrected chi connectivity index (χ2v) is 8.15. The topological polar surface area (TPSA) is 90.5 Å². The number of carbonyl (C=O) groups is 1. The van der Waals surface area contributed by atoms with Crippen molar-refractivity contribution >= 4 is 5.91 Å². The number of aromatic nitrogens is 6. The third-order valence-corrected chi connectivity index (χ3v) is 6.11. The second kappa shape index (κ2) is 8.77. The first kappa shape index (κ1) is 20.3. The standard InChI is InChI=1S/C22H29N7O/c1-15-20(16(2)28(3)25-15)13-14-21(30)23-18-9-11-19(12-10-18)29-26-22(24-27-29)17-7-5-4-6-8-17/h4-8,18-19H,9-14H2,1-3H3,(H,23,30). The number of nitrogens with one attached hydrogen (secondary N) is 1. The average molecular weight is 408 g/mol. The number of tetrazole rings is 1. The number of benzene rings is 1. The van der Waals surface area contributed by atoms with Crippen LogP contribution in [-0.2, 0) is 18.3 Å². The third-order valence-electron chi connectivity index (χ3n) is 6.11.